The molecule has 0 radical (unpaired) electrons. The average Bonchev–Trinajstić information content (AvgIpc) is 1.37. The monoisotopic (exact) mass is 333 g/mol. The molecule has 0 aromatic heterocycles. The smallest absolute Gasteiger partial charge is 0.147 e. The van der Waals surface area contributed by atoms with E-state index in [4.69, 9.17) is 0 Å². The van der Waals surface area contributed by atoms with Crippen LogP contribution in [0.5, 0.6) is 0 Å². The molecule has 0 heterocycles. The van der Waals surface area contributed by atoms with E-state index in [-0.39, 0.29) is 37.2 Å². The van der Waals surface area contributed by atoms with Crippen LogP contribution in [0, 0.1) is 0 Å². The maximum Gasteiger partial charge on any atom is -0.147 e. The molecule has 0 rings (SSSR count). The summed E-state index contributed by atoms with van der Waals surface area (Å²) in [5.41, 5.74) is 0. The van der Waals surface area contributed by atoms with Gasteiger partial charge in [0, 0.05) is 0 Å². The van der Waals surface area contributed by atoms with Crippen molar-refractivity contribution in [3.63, 3.8) is 0 Å². The van der Waals surface area contributed by atoms with Gasteiger partial charge in [-0.1, -0.05) is 0 Å². The van der Waals surface area contributed by atoms with Crippen LogP contribution in [0.3, 0.4) is 0 Å². The summed E-state index contributed by atoms with van der Waals surface area (Å²) in [6.45, 7) is 2.87. The molecule has 0 saturated heterocycles. The molecule has 0 atom stereocenters. The molecule has 0 saturated carbocycles. The van der Waals surface area contributed by atoms with Gasteiger partial charge >= 0.3 is 41.2 Å². The second kappa shape index (κ2) is 25.2. The van der Waals surface area contributed by atoms with Crippen molar-refractivity contribution in [1.29, 1.82) is 0 Å². The zero-order valence-corrected chi connectivity index (χ0v) is 9.88. The van der Waals surface area contributed by atoms with Gasteiger partial charge in [0.05, 0.1) is 0 Å². The Morgan fingerprint density at radius 3 is 1.43 bits per heavy atom. The van der Waals surface area contributed by atoms with E-state index in [1.165, 1.54) is 0 Å². The quantitative estimate of drug-likeness (QED) is 0.665. The Morgan fingerprint density at radius 1 is 1.29 bits per heavy atom. The third-order valence-corrected chi connectivity index (χ3v) is 1.18. The summed E-state index contributed by atoms with van der Waals surface area (Å²) in [5.74, 6) is 0. The molecule has 0 aliphatic rings. The molecule has 0 bridgehead atoms. The zero-order valence-electron chi connectivity index (χ0n) is 3.84. The normalized spacial score (nSPS) is 4.00. The van der Waals surface area contributed by atoms with Crippen LogP contribution >= 0.6 is 37.2 Å². The van der Waals surface area contributed by atoms with Crippen molar-refractivity contribution in [2.75, 3.05) is 6.61 Å². The summed E-state index contributed by atoms with van der Waals surface area (Å²) < 4.78 is 4.68. The van der Waals surface area contributed by atoms with Gasteiger partial charge in [-0.25, -0.2) is 0 Å². The number of hydrogen-bond donors (Lipinski definition) is 0. The summed E-state index contributed by atoms with van der Waals surface area (Å²) in [6.07, 6.45) is 0. The molecular weight excluding hydrogens is 325 g/mol. The molecule has 0 aliphatic heterocycles. The van der Waals surface area contributed by atoms with Crippen LogP contribution in [0.1, 0.15) is 6.92 Å². The largest absolute Gasteiger partial charge is 0.147 e. The molecule has 0 N–H and O–H groups in total. The standard InChI is InChI=1S/C2H5O.3ClH.Hf/c1-2-3;;;;/h2H2,1H3;3*1H;/q-1;;;;+1. The molecule has 1 nitrogen and oxygen atoms in total. The van der Waals surface area contributed by atoms with Gasteiger partial charge in [-0.15, -0.1) is 37.2 Å². The van der Waals surface area contributed by atoms with Crippen molar-refractivity contribution in [1.82, 2.24) is 0 Å². The molecule has 0 aliphatic carbocycles. The van der Waals surface area contributed by atoms with E-state index in [9.17, 15) is 0 Å². The topological polar surface area (TPSA) is 9.23 Å². The van der Waals surface area contributed by atoms with Gasteiger partial charge in [0.2, 0.25) is 0 Å². The Morgan fingerprint density at radius 2 is 1.43 bits per heavy atom. The molecule has 0 fully saturated rings. The molecule has 7 heavy (non-hydrogen) atoms. The Labute approximate surface area is 78.0 Å². The minimum absolute atomic E-state index is 0. The van der Waals surface area contributed by atoms with Gasteiger partial charge in [0.1, 0.15) is 0 Å². The van der Waals surface area contributed by atoms with Gasteiger partial charge in [-0.3, -0.25) is 0 Å². The summed E-state index contributed by atoms with van der Waals surface area (Å²) >= 11 is 0.890. The molecule has 0 amide bonds. The summed E-state index contributed by atoms with van der Waals surface area (Å²) in [6, 6.07) is 0. The molecule has 0 aromatic rings. The first-order valence-electron chi connectivity index (χ1n) is 1.20. The van der Waals surface area contributed by atoms with Gasteiger partial charge in [-0.2, -0.15) is 0 Å². The third-order valence-electron chi connectivity index (χ3n) is 0.144. The molecule has 5 heteroatoms. The van der Waals surface area contributed by atoms with Crippen molar-refractivity contribution in [3.05, 3.63) is 0 Å². The van der Waals surface area contributed by atoms with E-state index in [0.29, 0.717) is 0 Å². The first-order chi connectivity index (χ1) is 1.91. The average molecular weight is 333 g/mol. The number of rotatable bonds is 1. The summed E-state index contributed by atoms with van der Waals surface area (Å²) in [5, 5.41) is 0. The number of hydrogen-bond acceptors (Lipinski definition) is 1. The zero-order chi connectivity index (χ0) is 3.41. The van der Waals surface area contributed by atoms with E-state index in [0.717, 1.165) is 31.4 Å². The maximum absolute atomic E-state index is 4.68. The van der Waals surface area contributed by atoms with Crippen molar-refractivity contribution in [3.8, 4) is 0 Å². The van der Waals surface area contributed by atoms with Crippen LogP contribution in [-0.2, 0) is 27.7 Å². The molecule has 47 valence electrons. The predicted molar refractivity (Wildman–Crippen MR) is 33.4 cm³/mol. The molecule has 0 aromatic carbocycles. The molecule has 0 spiro atoms. The van der Waals surface area contributed by atoms with E-state index in [2.05, 4.69) is 2.85 Å². The van der Waals surface area contributed by atoms with Gasteiger partial charge in [0.15, 0.2) is 0 Å². The SMILES string of the molecule is CC[O][Hf].Cl.Cl.Cl. The van der Waals surface area contributed by atoms with Crippen LogP contribution in [0.4, 0.5) is 0 Å². The molecular formula is C2H8Cl3HfO. The molecule has 0 unspecified atom stereocenters. The Balaban J connectivity index is -0.0000000150. The van der Waals surface area contributed by atoms with Crippen molar-refractivity contribution in [2.45, 2.75) is 6.92 Å². The fraction of sp³-hybridized carbons (Fsp3) is 1.00. The predicted octanol–water partition coefficient (Wildman–Crippen LogP) is 1.75. The van der Waals surface area contributed by atoms with E-state index in [1.54, 1.807) is 0 Å². The first-order valence-corrected chi connectivity index (χ1v) is 2.67. The second-order valence-electron chi connectivity index (χ2n) is 0.433. The summed E-state index contributed by atoms with van der Waals surface area (Å²) in [4.78, 5) is 0. The van der Waals surface area contributed by atoms with Crippen LogP contribution in [0.15, 0.2) is 0 Å². The fourth-order valence-corrected chi connectivity index (χ4v) is 0. The minimum Gasteiger partial charge on any atom is -0.147 e. The van der Waals surface area contributed by atoms with E-state index >= 15 is 0 Å². The van der Waals surface area contributed by atoms with Gasteiger partial charge in [-0.05, 0) is 0 Å². The van der Waals surface area contributed by atoms with Crippen molar-refractivity contribution >= 4 is 37.2 Å². The van der Waals surface area contributed by atoms with Crippen LogP contribution in [0.2, 0.25) is 0 Å². The summed E-state index contributed by atoms with van der Waals surface area (Å²) in [7, 11) is 0. The minimum atomic E-state index is 0. The Hall–Kier alpha value is 1.70. The van der Waals surface area contributed by atoms with Gasteiger partial charge < -0.3 is 0 Å². The number of halogens is 3. The maximum atomic E-state index is 4.68. The van der Waals surface area contributed by atoms with Crippen LogP contribution < -0.4 is 0 Å². The van der Waals surface area contributed by atoms with E-state index < -0.39 is 0 Å². The van der Waals surface area contributed by atoms with Crippen molar-refractivity contribution in [2.24, 2.45) is 0 Å². The fourth-order valence-electron chi connectivity index (χ4n) is 0. The van der Waals surface area contributed by atoms with E-state index in [1.807, 2.05) is 6.92 Å². The Bertz CT molecular complexity index is 14.9. The second-order valence-corrected chi connectivity index (χ2v) is 1.47. The Kier molecular flexibility index (Phi) is 84.2. The third kappa shape index (κ3) is 34.3. The first kappa shape index (κ1) is 23.4. The van der Waals surface area contributed by atoms with Crippen molar-refractivity contribution < 1.29 is 27.7 Å². The van der Waals surface area contributed by atoms with Gasteiger partial charge in [0.25, 0.3) is 0 Å². The van der Waals surface area contributed by atoms with Crippen LogP contribution in [0.25, 0.3) is 0 Å². The van der Waals surface area contributed by atoms with Crippen LogP contribution in [-0.4, -0.2) is 6.61 Å².